The minimum Gasteiger partial charge on any atom is -0.348 e. The predicted octanol–water partition coefficient (Wildman–Crippen LogP) is 1.95. The molecule has 0 aliphatic carbocycles. The number of rotatable bonds is 3. The van der Waals surface area contributed by atoms with Crippen LogP contribution in [0.2, 0.25) is 5.02 Å². The van der Waals surface area contributed by atoms with Gasteiger partial charge in [0.2, 0.25) is 5.91 Å². The van der Waals surface area contributed by atoms with Crippen LogP contribution in [0.5, 0.6) is 0 Å². The van der Waals surface area contributed by atoms with Gasteiger partial charge in [0.15, 0.2) is 0 Å². The van der Waals surface area contributed by atoms with Gasteiger partial charge in [0, 0.05) is 18.0 Å². The van der Waals surface area contributed by atoms with Crippen molar-refractivity contribution in [2.45, 2.75) is 32.0 Å². The van der Waals surface area contributed by atoms with Crippen LogP contribution < -0.4 is 10.6 Å². The van der Waals surface area contributed by atoms with Gasteiger partial charge >= 0.3 is 0 Å². The van der Waals surface area contributed by atoms with Crippen molar-refractivity contribution in [2.75, 3.05) is 0 Å². The fraction of sp³-hybridized carbons (Fsp3) is 0.333. The Hall–Kier alpha value is -1.85. The molecule has 2 aromatic rings. The Labute approximate surface area is 128 Å². The first kappa shape index (κ1) is 14.1. The standard InChI is InChI=1S/C15H17ClN4O/c1-9(10-3-2-4-11(16)5-10)20-15(21)13-6-12-14(7-17-13)19-8-18-12/h2-5,8-9,13,17H,6-7H2,1H3,(H,18,19)(H,20,21)/t9-,13?/m1/s1. The first-order valence-corrected chi connectivity index (χ1v) is 7.31. The van der Waals surface area contributed by atoms with E-state index >= 15 is 0 Å². The highest BCUT2D eigenvalue weighted by Crippen LogP contribution is 2.18. The second-order valence-electron chi connectivity index (χ2n) is 5.25. The number of carbonyl (C=O) groups excluding carboxylic acids is 1. The fourth-order valence-electron chi connectivity index (χ4n) is 2.53. The summed E-state index contributed by atoms with van der Waals surface area (Å²) in [5, 5.41) is 6.91. The number of nitrogens with one attached hydrogen (secondary N) is 3. The highest BCUT2D eigenvalue weighted by molar-refractivity contribution is 6.30. The Morgan fingerprint density at radius 2 is 2.38 bits per heavy atom. The molecule has 5 nitrogen and oxygen atoms in total. The summed E-state index contributed by atoms with van der Waals surface area (Å²) < 4.78 is 0. The summed E-state index contributed by atoms with van der Waals surface area (Å²) in [6.45, 7) is 2.59. The summed E-state index contributed by atoms with van der Waals surface area (Å²) in [6.07, 6.45) is 2.27. The fourth-order valence-corrected chi connectivity index (χ4v) is 2.73. The smallest absolute Gasteiger partial charge is 0.238 e. The summed E-state index contributed by atoms with van der Waals surface area (Å²) in [5.41, 5.74) is 3.01. The van der Waals surface area contributed by atoms with E-state index in [4.69, 9.17) is 11.6 Å². The van der Waals surface area contributed by atoms with Crippen molar-refractivity contribution in [1.82, 2.24) is 20.6 Å². The normalized spacial score (nSPS) is 18.9. The third kappa shape index (κ3) is 3.09. The average molecular weight is 305 g/mol. The van der Waals surface area contributed by atoms with Crippen LogP contribution in [0.25, 0.3) is 0 Å². The van der Waals surface area contributed by atoms with Gasteiger partial charge in [-0.1, -0.05) is 23.7 Å². The van der Waals surface area contributed by atoms with Crippen LogP contribution in [0, 0.1) is 0 Å². The predicted molar refractivity (Wildman–Crippen MR) is 80.9 cm³/mol. The second-order valence-corrected chi connectivity index (χ2v) is 5.69. The lowest BCUT2D eigenvalue weighted by Crippen LogP contribution is -2.48. The molecule has 1 amide bonds. The number of carbonyl (C=O) groups is 1. The van der Waals surface area contributed by atoms with Crippen molar-refractivity contribution in [2.24, 2.45) is 0 Å². The van der Waals surface area contributed by atoms with Crippen molar-refractivity contribution < 1.29 is 4.79 Å². The van der Waals surface area contributed by atoms with Crippen molar-refractivity contribution in [3.05, 3.63) is 52.6 Å². The van der Waals surface area contributed by atoms with Crippen LogP contribution in [0.3, 0.4) is 0 Å². The van der Waals surface area contributed by atoms with E-state index in [0.29, 0.717) is 18.0 Å². The SMILES string of the molecule is C[C@@H](NC(=O)C1Cc2nc[nH]c2CN1)c1cccc(Cl)c1. The molecular formula is C15H17ClN4O. The highest BCUT2D eigenvalue weighted by atomic mass is 35.5. The molecule has 110 valence electrons. The van der Waals surface area contributed by atoms with Gasteiger partial charge in [0.1, 0.15) is 0 Å². The number of nitrogens with zero attached hydrogens (tertiary/aromatic N) is 1. The van der Waals surface area contributed by atoms with E-state index in [-0.39, 0.29) is 18.0 Å². The van der Waals surface area contributed by atoms with Crippen LogP contribution in [-0.4, -0.2) is 21.9 Å². The van der Waals surface area contributed by atoms with Crippen LogP contribution in [-0.2, 0) is 17.8 Å². The van der Waals surface area contributed by atoms with Crippen LogP contribution >= 0.6 is 11.6 Å². The molecule has 0 spiro atoms. The quantitative estimate of drug-likeness (QED) is 0.812. The van der Waals surface area contributed by atoms with Crippen LogP contribution in [0.15, 0.2) is 30.6 Å². The lowest BCUT2D eigenvalue weighted by Gasteiger charge is -2.24. The minimum absolute atomic E-state index is 0.0175. The summed E-state index contributed by atoms with van der Waals surface area (Å²) in [4.78, 5) is 19.7. The number of hydrogen-bond donors (Lipinski definition) is 3. The molecule has 1 aromatic heterocycles. The molecule has 3 N–H and O–H groups in total. The third-order valence-corrected chi connectivity index (χ3v) is 3.99. The van der Waals surface area contributed by atoms with Crippen LogP contribution in [0.1, 0.15) is 29.9 Å². The minimum atomic E-state index is -0.248. The maximum absolute atomic E-state index is 12.4. The topological polar surface area (TPSA) is 69.8 Å². The van der Waals surface area contributed by atoms with E-state index in [9.17, 15) is 4.79 Å². The Morgan fingerprint density at radius 1 is 1.52 bits per heavy atom. The maximum atomic E-state index is 12.4. The molecule has 21 heavy (non-hydrogen) atoms. The molecule has 1 aliphatic rings. The molecule has 0 bridgehead atoms. The van der Waals surface area contributed by atoms with E-state index in [1.807, 2.05) is 31.2 Å². The molecule has 1 unspecified atom stereocenters. The van der Waals surface area contributed by atoms with Gasteiger partial charge in [-0.3, -0.25) is 10.1 Å². The average Bonchev–Trinajstić information content (AvgIpc) is 2.94. The number of hydrogen-bond acceptors (Lipinski definition) is 3. The van der Waals surface area contributed by atoms with Crippen LogP contribution in [0.4, 0.5) is 0 Å². The summed E-state index contributed by atoms with van der Waals surface area (Å²) >= 11 is 5.98. The number of halogens is 1. The Morgan fingerprint density at radius 3 is 3.19 bits per heavy atom. The molecular weight excluding hydrogens is 288 g/mol. The van der Waals surface area contributed by atoms with E-state index in [1.165, 1.54) is 0 Å². The molecule has 1 aromatic carbocycles. The molecule has 2 heterocycles. The zero-order valence-electron chi connectivity index (χ0n) is 11.7. The highest BCUT2D eigenvalue weighted by Gasteiger charge is 2.26. The number of benzene rings is 1. The third-order valence-electron chi connectivity index (χ3n) is 3.75. The van der Waals surface area contributed by atoms with E-state index in [2.05, 4.69) is 20.6 Å². The first-order chi connectivity index (χ1) is 10.1. The molecule has 2 atom stereocenters. The molecule has 3 rings (SSSR count). The molecule has 0 radical (unpaired) electrons. The monoisotopic (exact) mass is 304 g/mol. The molecule has 6 heteroatoms. The number of amides is 1. The van der Waals surface area contributed by atoms with E-state index in [0.717, 1.165) is 17.0 Å². The zero-order chi connectivity index (χ0) is 14.8. The number of fused-ring (bicyclic) bond motifs is 1. The van der Waals surface area contributed by atoms with Gasteiger partial charge in [-0.05, 0) is 24.6 Å². The summed E-state index contributed by atoms with van der Waals surface area (Å²) in [5.74, 6) is -0.0175. The number of imidazole rings is 1. The number of aromatic amines is 1. The lowest BCUT2D eigenvalue weighted by molar-refractivity contribution is -0.124. The summed E-state index contributed by atoms with van der Waals surface area (Å²) in [6, 6.07) is 7.20. The molecule has 0 fully saturated rings. The number of aromatic nitrogens is 2. The second kappa shape index (κ2) is 5.87. The number of H-pyrrole nitrogens is 1. The Bertz CT molecular complexity index is 655. The lowest BCUT2D eigenvalue weighted by atomic mass is 10.0. The van der Waals surface area contributed by atoms with Gasteiger partial charge < -0.3 is 10.3 Å². The van der Waals surface area contributed by atoms with E-state index in [1.54, 1.807) is 6.33 Å². The Balaban J connectivity index is 1.64. The van der Waals surface area contributed by atoms with Crippen molar-refractivity contribution >= 4 is 17.5 Å². The van der Waals surface area contributed by atoms with Crippen molar-refractivity contribution in [1.29, 1.82) is 0 Å². The zero-order valence-corrected chi connectivity index (χ0v) is 12.4. The molecule has 1 aliphatic heterocycles. The summed E-state index contributed by atoms with van der Waals surface area (Å²) in [7, 11) is 0. The maximum Gasteiger partial charge on any atom is 0.238 e. The Kier molecular flexibility index (Phi) is 3.94. The van der Waals surface area contributed by atoms with Gasteiger partial charge in [0.25, 0.3) is 0 Å². The molecule has 0 saturated carbocycles. The van der Waals surface area contributed by atoms with Gasteiger partial charge in [-0.2, -0.15) is 0 Å². The van der Waals surface area contributed by atoms with Crippen molar-refractivity contribution in [3.63, 3.8) is 0 Å². The van der Waals surface area contributed by atoms with Gasteiger partial charge in [-0.15, -0.1) is 0 Å². The van der Waals surface area contributed by atoms with Gasteiger partial charge in [0.05, 0.1) is 29.8 Å². The molecule has 0 saturated heterocycles. The van der Waals surface area contributed by atoms with Crippen molar-refractivity contribution in [3.8, 4) is 0 Å². The first-order valence-electron chi connectivity index (χ1n) is 6.94. The van der Waals surface area contributed by atoms with E-state index < -0.39 is 0 Å². The largest absolute Gasteiger partial charge is 0.348 e. The van der Waals surface area contributed by atoms with Gasteiger partial charge in [-0.25, -0.2) is 4.98 Å².